The van der Waals surface area contributed by atoms with Crippen LogP contribution in [0.3, 0.4) is 0 Å². The smallest absolute Gasteiger partial charge is 0.326 e. The van der Waals surface area contributed by atoms with Crippen LogP contribution in [0.1, 0.15) is 44.0 Å². The number of carboxylic acid groups (broad SMARTS) is 1. The Bertz CT molecular complexity index is 1630. The van der Waals surface area contributed by atoms with Gasteiger partial charge < -0.3 is 36.0 Å². The second-order valence-electron chi connectivity index (χ2n) is 13.0. The van der Waals surface area contributed by atoms with Gasteiger partial charge in [0.1, 0.15) is 23.9 Å². The van der Waals surface area contributed by atoms with Crippen LogP contribution in [0.15, 0.2) is 60.8 Å². The van der Waals surface area contributed by atoms with Crippen molar-refractivity contribution in [3.05, 3.63) is 77.6 Å². The minimum atomic E-state index is -1.28. The van der Waals surface area contributed by atoms with Crippen molar-refractivity contribution < 1.29 is 33.8 Å². The quantitative estimate of drug-likeness (QED) is 0.209. The number of aryl methyl sites for hydroxylation is 1. The number of nitrogens with zero attached hydrogens (tertiary/aromatic N) is 4. The third kappa shape index (κ3) is 11.6. The van der Waals surface area contributed by atoms with Gasteiger partial charge in [0.25, 0.3) is 0 Å². The summed E-state index contributed by atoms with van der Waals surface area (Å²) in [6, 6.07) is 12.0. The fourth-order valence-electron chi connectivity index (χ4n) is 5.52. The van der Waals surface area contributed by atoms with E-state index in [-0.39, 0.29) is 37.8 Å². The molecule has 274 valence electrons. The van der Waals surface area contributed by atoms with Crippen LogP contribution >= 0.6 is 0 Å². The third-order valence-corrected chi connectivity index (χ3v) is 8.65. The molecule has 5 rings (SSSR count). The normalized spacial score (nSPS) is 19.0. The summed E-state index contributed by atoms with van der Waals surface area (Å²) in [7, 11) is 1.64. The van der Waals surface area contributed by atoms with Crippen LogP contribution in [0.2, 0.25) is 0 Å². The monoisotopic (exact) mass is 704 g/mol. The highest BCUT2D eigenvalue weighted by atomic mass is 16.5. The second-order valence-corrected chi connectivity index (χ2v) is 13.0. The number of ether oxygens (including phenoxy) is 1. The van der Waals surface area contributed by atoms with Crippen LogP contribution in [0.5, 0.6) is 5.75 Å². The lowest BCUT2D eigenvalue weighted by Gasteiger charge is -2.30. The van der Waals surface area contributed by atoms with E-state index in [0.29, 0.717) is 30.8 Å². The van der Waals surface area contributed by atoms with Crippen molar-refractivity contribution in [3.63, 3.8) is 0 Å². The maximum atomic E-state index is 14.1. The molecule has 0 saturated carbocycles. The first kappa shape index (κ1) is 38.5. The first-order chi connectivity index (χ1) is 24.4. The van der Waals surface area contributed by atoms with E-state index in [9.17, 15) is 29.1 Å². The Labute approximate surface area is 297 Å². The molecule has 1 aromatic heterocycles. The number of likely N-dealkylation sites (N-methyl/N-ethyl adjacent to an activating group) is 1. The minimum absolute atomic E-state index is 0.000224. The zero-order chi connectivity index (χ0) is 36.9. The number of carboxylic acids is 1. The number of carbonyl (C=O) groups is 5. The number of hydrogen-bond donors (Lipinski definition) is 5. The molecule has 0 aliphatic carbocycles. The Morgan fingerprint density at radius 2 is 1.75 bits per heavy atom. The van der Waals surface area contributed by atoms with Crippen LogP contribution in [0.25, 0.3) is 0 Å². The van der Waals surface area contributed by atoms with Gasteiger partial charge in [0, 0.05) is 25.6 Å². The molecule has 15 heteroatoms. The van der Waals surface area contributed by atoms with Crippen LogP contribution in [-0.4, -0.2) is 106 Å². The molecule has 0 fully saturated rings. The highest BCUT2D eigenvalue weighted by Gasteiger charge is 2.32. The van der Waals surface area contributed by atoms with Crippen LogP contribution in [0.4, 0.5) is 0 Å². The van der Waals surface area contributed by atoms with E-state index in [4.69, 9.17) is 4.74 Å². The number of hydrogen-bond acceptors (Lipinski definition) is 9. The summed E-state index contributed by atoms with van der Waals surface area (Å²) in [4.78, 5) is 68.0. The average molecular weight is 705 g/mol. The van der Waals surface area contributed by atoms with Crippen molar-refractivity contribution in [2.24, 2.45) is 5.92 Å². The third-order valence-electron chi connectivity index (χ3n) is 8.65. The predicted octanol–water partition coefficient (Wildman–Crippen LogP) is 0.720. The van der Waals surface area contributed by atoms with Gasteiger partial charge >= 0.3 is 5.97 Å². The molecule has 2 aliphatic heterocycles. The molecule has 2 aliphatic rings. The van der Waals surface area contributed by atoms with Crippen LogP contribution in [-0.2, 0) is 49.8 Å². The molecule has 51 heavy (non-hydrogen) atoms. The number of carbonyl (C=O) groups excluding carboxylic acids is 4. The second kappa shape index (κ2) is 18.6. The number of amides is 4. The first-order valence-corrected chi connectivity index (χ1v) is 17.2. The van der Waals surface area contributed by atoms with Crippen molar-refractivity contribution in [1.82, 2.24) is 41.2 Å². The van der Waals surface area contributed by atoms with E-state index in [1.54, 1.807) is 87.2 Å². The van der Waals surface area contributed by atoms with Crippen molar-refractivity contribution in [2.45, 2.75) is 77.2 Å². The summed E-state index contributed by atoms with van der Waals surface area (Å²) in [6.45, 7) is 5.49. The maximum absolute atomic E-state index is 14.1. The zero-order valence-corrected chi connectivity index (χ0v) is 29.5. The van der Waals surface area contributed by atoms with Gasteiger partial charge in [-0.3, -0.25) is 23.9 Å². The SMILES string of the molecule is CN[C@@H](C)C(=O)N[C@H](C(=O)N1CCn2cc(nn2)CCCOc2ccc(cc2)C[C@@H](C(=O)O)NC(=O)[C@H](Cc2ccccc2)NC(=O)C1)C(C)C. The number of nitrogens with one attached hydrogen (secondary N) is 4. The lowest BCUT2D eigenvalue weighted by atomic mass is 10.0. The fraction of sp³-hybridized carbons (Fsp3) is 0.472. The topological polar surface area (TPSA) is 197 Å². The number of benzene rings is 2. The van der Waals surface area contributed by atoms with Gasteiger partial charge in [-0.25, -0.2) is 4.79 Å². The number of fused-ring (bicyclic) bond motifs is 15. The fourth-order valence-corrected chi connectivity index (χ4v) is 5.52. The summed E-state index contributed by atoms with van der Waals surface area (Å²) in [6.07, 6.45) is 3.10. The molecule has 0 unspecified atom stereocenters. The van der Waals surface area contributed by atoms with Gasteiger partial charge in [0.15, 0.2) is 0 Å². The summed E-state index contributed by atoms with van der Waals surface area (Å²) in [5.41, 5.74) is 2.13. The number of rotatable bonds is 8. The zero-order valence-electron chi connectivity index (χ0n) is 29.5. The molecule has 4 atom stereocenters. The average Bonchev–Trinajstić information content (AvgIpc) is 3.57. The Morgan fingerprint density at radius 1 is 1.02 bits per heavy atom. The summed E-state index contributed by atoms with van der Waals surface area (Å²) < 4.78 is 7.45. The molecule has 4 amide bonds. The maximum Gasteiger partial charge on any atom is 0.326 e. The van der Waals surface area contributed by atoms with Gasteiger partial charge in [0.2, 0.25) is 23.6 Å². The molecular formula is C36H48N8O7. The summed E-state index contributed by atoms with van der Waals surface area (Å²) in [5, 5.41) is 29.5. The molecule has 15 nitrogen and oxygen atoms in total. The molecule has 0 radical (unpaired) electrons. The van der Waals surface area contributed by atoms with Gasteiger partial charge in [-0.1, -0.05) is 61.5 Å². The lowest BCUT2D eigenvalue weighted by molar-refractivity contribution is -0.143. The highest BCUT2D eigenvalue weighted by molar-refractivity contribution is 5.94. The highest BCUT2D eigenvalue weighted by Crippen LogP contribution is 2.15. The van der Waals surface area contributed by atoms with Crippen molar-refractivity contribution in [2.75, 3.05) is 26.7 Å². The van der Waals surface area contributed by atoms with Crippen LogP contribution < -0.4 is 26.0 Å². The molecular weight excluding hydrogens is 656 g/mol. The minimum Gasteiger partial charge on any atom is -0.494 e. The van der Waals surface area contributed by atoms with Gasteiger partial charge in [-0.05, 0) is 56.0 Å². The van der Waals surface area contributed by atoms with E-state index >= 15 is 0 Å². The van der Waals surface area contributed by atoms with E-state index in [1.807, 2.05) is 6.07 Å². The van der Waals surface area contributed by atoms with Gasteiger partial charge in [-0.2, -0.15) is 0 Å². The number of aliphatic carboxylic acids is 1. The lowest BCUT2D eigenvalue weighted by Crippen LogP contribution is -2.58. The number of aromatic nitrogens is 3. The van der Waals surface area contributed by atoms with E-state index in [1.165, 1.54) is 4.90 Å². The Hall–Kier alpha value is -5.31. The standard InChI is InChI=1S/C36H48N8O7/c1-23(2)32(40-33(46)24(3)37-4)35(48)43-16-17-44-21-27(41-42-44)11-8-18-51-28-14-12-26(13-15-28)20-30(36(49)50)39-34(47)29(38-31(45)22-43)19-25-9-6-5-7-10-25/h5-7,9-10,12-15,21,23-24,29-30,32,37H,8,11,16-20,22H2,1-4H3,(H,38,45)(H,39,47)(H,40,46)(H,49,50)/t24-,29-,30-,32-/m0/s1. The Morgan fingerprint density at radius 3 is 2.41 bits per heavy atom. The van der Waals surface area contributed by atoms with E-state index < -0.39 is 54.4 Å². The van der Waals surface area contributed by atoms with Gasteiger partial charge in [0.05, 0.1) is 31.4 Å². The van der Waals surface area contributed by atoms with Crippen molar-refractivity contribution >= 4 is 29.6 Å². The molecule has 5 N–H and O–H groups in total. The first-order valence-electron chi connectivity index (χ1n) is 17.2. The molecule has 0 saturated heterocycles. The molecule has 3 aromatic rings. The van der Waals surface area contributed by atoms with Crippen molar-refractivity contribution in [3.8, 4) is 5.75 Å². The Kier molecular flexibility index (Phi) is 14.1. The largest absolute Gasteiger partial charge is 0.494 e. The summed E-state index contributed by atoms with van der Waals surface area (Å²) >= 11 is 0. The molecule has 3 heterocycles. The van der Waals surface area contributed by atoms with E-state index in [0.717, 1.165) is 11.3 Å². The molecule has 4 bridgehead atoms. The van der Waals surface area contributed by atoms with Crippen LogP contribution in [0, 0.1) is 5.92 Å². The van der Waals surface area contributed by atoms with Crippen molar-refractivity contribution in [1.29, 1.82) is 0 Å². The predicted molar refractivity (Wildman–Crippen MR) is 187 cm³/mol. The van der Waals surface area contributed by atoms with Gasteiger partial charge in [-0.15, -0.1) is 5.10 Å². The molecule has 2 aromatic carbocycles. The molecule has 0 spiro atoms. The Balaban J connectivity index is 1.65. The van der Waals surface area contributed by atoms with E-state index in [2.05, 4.69) is 31.6 Å². The summed E-state index contributed by atoms with van der Waals surface area (Å²) in [5.74, 6) is -3.12.